The quantitative estimate of drug-likeness (QED) is 0.755. The number of nitriles is 1. The molecule has 18 heavy (non-hydrogen) atoms. The number of benzene rings is 1. The molecular weight excluding hydrogens is 237 g/mol. The normalized spacial score (nSPS) is 9.56. The zero-order valence-electron chi connectivity index (χ0n) is 9.07. The van der Waals surface area contributed by atoms with Crippen molar-refractivity contribution < 1.29 is 9.18 Å². The molecule has 0 fully saturated rings. The van der Waals surface area contributed by atoms with Crippen molar-refractivity contribution in [3.05, 3.63) is 41.8 Å². The number of anilines is 2. The highest BCUT2D eigenvalue weighted by Gasteiger charge is 2.08. The van der Waals surface area contributed by atoms with Crippen LogP contribution in [0.5, 0.6) is 0 Å². The van der Waals surface area contributed by atoms with Crippen molar-refractivity contribution >= 4 is 17.5 Å². The molecule has 0 aliphatic carbocycles. The number of carbonyl (C=O) groups is 1. The van der Waals surface area contributed by atoms with E-state index in [0.717, 1.165) is 0 Å². The molecule has 7 heteroatoms. The molecule has 2 aromatic rings. The molecule has 1 aromatic heterocycles. The lowest BCUT2D eigenvalue weighted by Crippen LogP contribution is -2.20. The first-order chi connectivity index (χ1) is 8.69. The van der Waals surface area contributed by atoms with E-state index in [2.05, 4.69) is 20.8 Å². The van der Waals surface area contributed by atoms with Gasteiger partial charge in [-0.25, -0.2) is 9.18 Å². The number of aromatic nitrogens is 2. The van der Waals surface area contributed by atoms with Crippen LogP contribution in [0.3, 0.4) is 0 Å². The van der Waals surface area contributed by atoms with Crippen LogP contribution in [-0.2, 0) is 0 Å². The Hall–Kier alpha value is -2.88. The van der Waals surface area contributed by atoms with Gasteiger partial charge in [0.15, 0.2) is 0 Å². The number of nitrogens with zero attached hydrogens (tertiary/aromatic N) is 2. The summed E-state index contributed by atoms with van der Waals surface area (Å²) in [5.41, 5.74) is 0.663. The van der Waals surface area contributed by atoms with E-state index in [0.29, 0.717) is 5.69 Å². The van der Waals surface area contributed by atoms with Gasteiger partial charge in [0, 0.05) is 5.69 Å². The number of halogens is 1. The summed E-state index contributed by atoms with van der Waals surface area (Å²) < 4.78 is 12.7. The number of nitrogens with one attached hydrogen (secondary N) is 3. The first-order valence-electron chi connectivity index (χ1n) is 4.96. The summed E-state index contributed by atoms with van der Waals surface area (Å²) in [7, 11) is 0. The highest BCUT2D eigenvalue weighted by molar-refractivity contribution is 5.99. The van der Waals surface area contributed by atoms with E-state index in [9.17, 15) is 9.18 Å². The average molecular weight is 245 g/mol. The number of hydrogen-bond donors (Lipinski definition) is 3. The zero-order chi connectivity index (χ0) is 13.0. The van der Waals surface area contributed by atoms with Crippen molar-refractivity contribution in [3.8, 4) is 6.07 Å². The molecule has 0 radical (unpaired) electrons. The Morgan fingerprint density at radius 3 is 2.72 bits per heavy atom. The van der Waals surface area contributed by atoms with Gasteiger partial charge in [0.2, 0.25) is 0 Å². The Morgan fingerprint density at radius 1 is 1.33 bits per heavy atom. The summed E-state index contributed by atoms with van der Waals surface area (Å²) in [5, 5.41) is 19.7. The minimum atomic E-state index is -0.553. The monoisotopic (exact) mass is 245 g/mol. The standard InChI is InChI=1S/C11H8FN5O/c12-8-1-3-9(4-2-8)15-11(18)16-10-7(5-13)6-14-17-10/h1-4,6H,(H3,14,15,16,17,18). The molecule has 6 nitrogen and oxygen atoms in total. The molecular formula is C11H8FN5O. The fourth-order valence-corrected chi connectivity index (χ4v) is 1.28. The zero-order valence-corrected chi connectivity index (χ0v) is 9.07. The Bertz CT molecular complexity index is 599. The van der Waals surface area contributed by atoms with Crippen molar-refractivity contribution in [2.75, 3.05) is 10.6 Å². The smallest absolute Gasteiger partial charge is 0.308 e. The molecule has 0 unspecified atom stereocenters. The predicted octanol–water partition coefficient (Wildman–Crippen LogP) is 2.06. The van der Waals surface area contributed by atoms with Gasteiger partial charge in [0.25, 0.3) is 0 Å². The van der Waals surface area contributed by atoms with E-state index in [1.807, 2.05) is 6.07 Å². The first-order valence-corrected chi connectivity index (χ1v) is 4.96. The third-order valence-corrected chi connectivity index (χ3v) is 2.10. The van der Waals surface area contributed by atoms with Crippen molar-refractivity contribution in [1.29, 1.82) is 5.26 Å². The van der Waals surface area contributed by atoms with Gasteiger partial charge < -0.3 is 5.32 Å². The number of amides is 2. The van der Waals surface area contributed by atoms with Crippen LogP contribution in [0.4, 0.5) is 20.7 Å². The molecule has 0 aliphatic heterocycles. The van der Waals surface area contributed by atoms with E-state index < -0.39 is 6.03 Å². The summed E-state index contributed by atoms with van der Waals surface area (Å²) >= 11 is 0. The molecule has 0 spiro atoms. The van der Waals surface area contributed by atoms with Crippen molar-refractivity contribution in [1.82, 2.24) is 10.2 Å². The van der Waals surface area contributed by atoms with E-state index in [1.54, 1.807) is 0 Å². The van der Waals surface area contributed by atoms with Gasteiger partial charge in [0.05, 0.1) is 6.20 Å². The number of H-pyrrole nitrogens is 1. The first kappa shape index (κ1) is 11.6. The molecule has 0 aliphatic rings. The maximum Gasteiger partial charge on any atom is 0.324 e. The maximum atomic E-state index is 12.7. The van der Waals surface area contributed by atoms with Gasteiger partial charge >= 0.3 is 6.03 Å². The summed E-state index contributed by atoms with van der Waals surface area (Å²) in [6.07, 6.45) is 1.30. The van der Waals surface area contributed by atoms with Gasteiger partial charge in [-0.1, -0.05) is 0 Å². The van der Waals surface area contributed by atoms with Crippen LogP contribution in [0.25, 0.3) is 0 Å². The molecule has 0 saturated heterocycles. The number of carbonyl (C=O) groups excluding carboxylic acids is 1. The highest BCUT2D eigenvalue weighted by Crippen LogP contribution is 2.11. The number of hydrogen-bond acceptors (Lipinski definition) is 3. The van der Waals surface area contributed by atoms with Crippen molar-refractivity contribution in [2.45, 2.75) is 0 Å². The van der Waals surface area contributed by atoms with Crippen LogP contribution >= 0.6 is 0 Å². The Morgan fingerprint density at radius 2 is 2.06 bits per heavy atom. The highest BCUT2D eigenvalue weighted by atomic mass is 19.1. The molecule has 1 aromatic carbocycles. The summed E-state index contributed by atoms with van der Waals surface area (Å²) in [6.45, 7) is 0. The third-order valence-electron chi connectivity index (χ3n) is 2.10. The molecule has 0 bridgehead atoms. The lowest BCUT2D eigenvalue weighted by molar-refractivity contribution is 0.262. The Kier molecular flexibility index (Phi) is 3.20. The van der Waals surface area contributed by atoms with Gasteiger partial charge in [0.1, 0.15) is 23.3 Å². The lowest BCUT2D eigenvalue weighted by Gasteiger charge is -2.05. The van der Waals surface area contributed by atoms with Gasteiger partial charge in [-0.05, 0) is 24.3 Å². The molecule has 90 valence electrons. The maximum absolute atomic E-state index is 12.7. The van der Waals surface area contributed by atoms with Crippen LogP contribution in [0.1, 0.15) is 5.56 Å². The third kappa shape index (κ3) is 2.62. The second-order valence-electron chi connectivity index (χ2n) is 3.36. The van der Waals surface area contributed by atoms with Crippen LogP contribution in [0.2, 0.25) is 0 Å². The molecule has 2 rings (SSSR count). The molecule has 2 amide bonds. The minimum absolute atomic E-state index is 0.206. The molecule has 0 saturated carbocycles. The van der Waals surface area contributed by atoms with E-state index >= 15 is 0 Å². The van der Waals surface area contributed by atoms with Crippen LogP contribution in [0.15, 0.2) is 30.5 Å². The van der Waals surface area contributed by atoms with Crippen LogP contribution in [-0.4, -0.2) is 16.2 Å². The van der Waals surface area contributed by atoms with Gasteiger partial charge in [-0.3, -0.25) is 10.4 Å². The van der Waals surface area contributed by atoms with E-state index in [4.69, 9.17) is 5.26 Å². The predicted molar refractivity (Wildman–Crippen MR) is 62.3 cm³/mol. The van der Waals surface area contributed by atoms with E-state index in [1.165, 1.54) is 30.5 Å². The number of urea groups is 1. The summed E-state index contributed by atoms with van der Waals surface area (Å²) in [5.74, 6) is -0.182. The number of rotatable bonds is 2. The molecule has 1 heterocycles. The Labute approximate surface area is 101 Å². The minimum Gasteiger partial charge on any atom is -0.308 e. The van der Waals surface area contributed by atoms with Gasteiger partial charge in [-0.15, -0.1) is 0 Å². The van der Waals surface area contributed by atoms with Gasteiger partial charge in [-0.2, -0.15) is 10.4 Å². The van der Waals surface area contributed by atoms with Crippen LogP contribution in [0, 0.1) is 17.1 Å². The molecule has 0 atom stereocenters. The summed E-state index contributed by atoms with van der Waals surface area (Å²) in [6, 6.07) is 6.62. The van der Waals surface area contributed by atoms with E-state index in [-0.39, 0.29) is 17.2 Å². The fourth-order valence-electron chi connectivity index (χ4n) is 1.28. The van der Waals surface area contributed by atoms with Crippen molar-refractivity contribution in [2.24, 2.45) is 0 Å². The summed E-state index contributed by atoms with van der Waals surface area (Å²) in [4.78, 5) is 11.6. The number of aromatic amines is 1. The molecule has 3 N–H and O–H groups in total. The lowest BCUT2D eigenvalue weighted by atomic mass is 10.3. The largest absolute Gasteiger partial charge is 0.324 e. The van der Waals surface area contributed by atoms with Crippen LogP contribution < -0.4 is 10.6 Å². The topological polar surface area (TPSA) is 93.6 Å². The van der Waals surface area contributed by atoms with Crippen molar-refractivity contribution in [3.63, 3.8) is 0 Å². The SMILES string of the molecule is N#Cc1cn[nH]c1NC(=O)Nc1ccc(F)cc1. The Balaban J connectivity index is 2.01. The second-order valence-corrected chi connectivity index (χ2v) is 3.36. The fraction of sp³-hybridized carbons (Fsp3) is 0. The second kappa shape index (κ2) is 4.97. The average Bonchev–Trinajstić information content (AvgIpc) is 2.79.